The fourth-order valence-electron chi connectivity index (χ4n) is 15.6. The Hall–Kier alpha value is -4.72. The Labute approximate surface area is 460 Å². The number of nitrogens with zero attached hydrogens (tertiary/aromatic N) is 3. The van der Waals surface area contributed by atoms with Crippen LogP contribution < -0.4 is 10.2 Å². The molecule has 1 aromatic heterocycles. The number of H-pyrrole nitrogens is 1. The molecule has 1 aliphatic carbocycles. The molecule has 8 unspecified atom stereocenters. The SMILES string of the molecule is CCC(CO)OC(COC(=O)CCCC(=O)NC(C)C(=O)OCCCCC(=O)[C@]1(O)C2N(C)c3cc(C)c([C@@]4(C)C[C@@H]5CN(CCc6c4[nH]c4ccccc64)CC(O)(CC)C5)cc3C23CCN2CC=C[C@](CC)(C23)[C@H]1O)OC. The lowest BCUT2D eigenvalue weighted by atomic mass is 9.47. The van der Waals surface area contributed by atoms with Crippen LogP contribution in [0.5, 0.6) is 0 Å². The molecule has 2 bridgehead atoms. The summed E-state index contributed by atoms with van der Waals surface area (Å²) >= 11 is 0. The van der Waals surface area contributed by atoms with Crippen molar-refractivity contribution in [2.45, 2.75) is 184 Å². The van der Waals surface area contributed by atoms with Crippen molar-refractivity contribution in [3.05, 3.63) is 76.5 Å². The van der Waals surface area contributed by atoms with Crippen LogP contribution >= 0.6 is 0 Å². The van der Waals surface area contributed by atoms with Gasteiger partial charge in [-0.05, 0) is 132 Å². The van der Waals surface area contributed by atoms with Crippen LogP contribution in [0.15, 0.2) is 48.6 Å². The molecule has 17 nitrogen and oxygen atoms in total. The van der Waals surface area contributed by atoms with Crippen molar-refractivity contribution in [3.63, 3.8) is 0 Å². The number of anilines is 1. The Balaban J connectivity index is 0.915. The van der Waals surface area contributed by atoms with Gasteiger partial charge in [-0.1, -0.05) is 57.2 Å². The summed E-state index contributed by atoms with van der Waals surface area (Å²) in [5.41, 5.74) is 2.93. The number of esters is 2. The molecule has 13 atom stereocenters. The zero-order valence-electron chi connectivity index (χ0n) is 47.4. The van der Waals surface area contributed by atoms with Crippen LogP contribution in [-0.2, 0) is 55.4 Å². The van der Waals surface area contributed by atoms with Crippen LogP contribution in [0.3, 0.4) is 0 Å². The van der Waals surface area contributed by atoms with Gasteiger partial charge < -0.3 is 54.6 Å². The summed E-state index contributed by atoms with van der Waals surface area (Å²) in [6.45, 7) is 15.6. The number of methoxy groups -OCH3 is 1. The van der Waals surface area contributed by atoms with E-state index >= 15 is 4.79 Å². The molecule has 9 rings (SSSR count). The second-order valence-corrected chi connectivity index (χ2v) is 24.1. The maximum atomic E-state index is 15.2. The number of ether oxygens (including phenoxy) is 4. The molecule has 2 aromatic carbocycles. The number of ketones is 1. The lowest BCUT2D eigenvalue weighted by Crippen LogP contribution is -2.80. The molecule has 428 valence electrons. The van der Waals surface area contributed by atoms with Gasteiger partial charge in [0.15, 0.2) is 17.7 Å². The number of carbonyl (C=O) groups is 4. The van der Waals surface area contributed by atoms with Crippen molar-refractivity contribution < 1.29 is 58.6 Å². The number of benzene rings is 2. The number of aliphatic hydroxyl groups is 4. The standard InChI is InChI=1S/C61H87N5O12/c1-9-41(35-67)78-51(75-8)36-77-50(70)22-16-21-49(69)62-39(5)53(71)76-29-15-14-20-48(68)61(74)55-60(25-28-66-26-17-24-59(11-3,54(60)66)56(61)72)45-31-44(38(4)30-47(45)64(55)7)57(6)32-40-33-58(73,10-2)37-65(34-40)27-23-43-42-18-12-13-19-46(42)63-52(43)57/h12-13,17-19,24,30-31,39-41,51,54-56,63,67,72-74H,9-11,14-16,20-23,25-29,32-37H2,1-8H3,(H,62,69)/t39?,40-,41?,51?,54?,55?,56+,57+,58?,59+,60?,61-/m0/s1. The van der Waals surface area contributed by atoms with Crippen molar-refractivity contribution in [2.75, 3.05) is 71.6 Å². The third-order valence-electron chi connectivity index (χ3n) is 19.3. The number of rotatable bonds is 22. The number of aryl methyl sites for hydroxylation is 1. The lowest BCUT2D eigenvalue weighted by molar-refractivity contribution is -0.202. The zero-order chi connectivity index (χ0) is 56.0. The number of amides is 1. The highest BCUT2D eigenvalue weighted by Gasteiger charge is 2.78. The van der Waals surface area contributed by atoms with Crippen LogP contribution in [0.25, 0.3) is 10.9 Å². The lowest BCUT2D eigenvalue weighted by Gasteiger charge is -2.63. The number of hydrogen-bond donors (Lipinski definition) is 6. The fraction of sp³-hybridized carbons (Fsp3) is 0.672. The van der Waals surface area contributed by atoms with Crippen molar-refractivity contribution in [3.8, 4) is 0 Å². The summed E-state index contributed by atoms with van der Waals surface area (Å²) < 4.78 is 21.5. The van der Waals surface area contributed by atoms with E-state index in [1.54, 1.807) is 0 Å². The average molecular weight is 1080 g/mol. The number of para-hydroxylation sites is 1. The van der Waals surface area contributed by atoms with E-state index in [0.29, 0.717) is 45.2 Å². The third-order valence-corrected chi connectivity index (χ3v) is 19.3. The maximum Gasteiger partial charge on any atom is 0.328 e. The molecule has 17 heteroatoms. The van der Waals surface area contributed by atoms with Crippen molar-refractivity contribution in [1.82, 2.24) is 20.1 Å². The van der Waals surface area contributed by atoms with Gasteiger partial charge in [-0.25, -0.2) is 4.79 Å². The fourth-order valence-corrected chi connectivity index (χ4v) is 15.6. The molecule has 2 saturated heterocycles. The molecule has 1 saturated carbocycles. The minimum absolute atomic E-state index is 0.0183. The van der Waals surface area contributed by atoms with Gasteiger partial charge in [0.1, 0.15) is 18.8 Å². The van der Waals surface area contributed by atoms with E-state index in [0.717, 1.165) is 61.2 Å². The van der Waals surface area contributed by atoms with E-state index < -0.39 is 81.7 Å². The van der Waals surface area contributed by atoms with Crippen LogP contribution in [0.1, 0.15) is 140 Å². The number of unbranched alkanes of at least 4 members (excludes halogenated alkanes) is 1. The van der Waals surface area contributed by atoms with Gasteiger partial charge in [0, 0.05) is 104 Å². The average Bonchev–Trinajstić information content (AvgIpc) is 3.45. The Morgan fingerprint density at radius 3 is 2.46 bits per heavy atom. The number of fused-ring (bicyclic) bond motifs is 6. The van der Waals surface area contributed by atoms with E-state index in [4.69, 9.17) is 18.9 Å². The topological polar surface area (TPSA) is 224 Å². The number of piperidine rings is 1. The van der Waals surface area contributed by atoms with E-state index in [-0.39, 0.29) is 63.9 Å². The van der Waals surface area contributed by atoms with Crippen molar-refractivity contribution in [1.29, 1.82) is 0 Å². The molecule has 3 aromatic rings. The van der Waals surface area contributed by atoms with Gasteiger partial charge in [0.25, 0.3) is 0 Å². The van der Waals surface area contributed by atoms with E-state index in [2.05, 4.69) is 101 Å². The van der Waals surface area contributed by atoms with E-state index in [9.17, 15) is 34.8 Å². The highest BCUT2D eigenvalue weighted by atomic mass is 16.7. The number of carbonyl (C=O) groups excluding carboxylic acids is 4. The third kappa shape index (κ3) is 10.1. The van der Waals surface area contributed by atoms with E-state index in [1.807, 2.05) is 14.0 Å². The largest absolute Gasteiger partial charge is 0.464 e. The molecule has 3 fully saturated rings. The van der Waals surface area contributed by atoms with Gasteiger partial charge in [0.2, 0.25) is 5.91 Å². The number of likely N-dealkylation sites (N-methyl/N-ethyl adjacent to an activating group) is 1. The molecule has 6 heterocycles. The van der Waals surface area contributed by atoms with Crippen molar-refractivity contribution >= 4 is 40.2 Å². The number of nitrogens with one attached hydrogen (secondary N) is 2. The Morgan fingerprint density at radius 2 is 1.73 bits per heavy atom. The number of Topliss-reactive ketones (excluding diaryl/α,β-unsaturated/α-hetero) is 1. The Kier molecular flexibility index (Phi) is 17.1. The predicted molar refractivity (Wildman–Crippen MR) is 296 cm³/mol. The quantitative estimate of drug-likeness (QED) is 0.0310. The van der Waals surface area contributed by atoms with Gasteiger partial charge in [-0.15, -0.1) is 0 Å². The van der Waals surface area contributed by atoms with Gasteiger partial charge in [0.05, 0.1) is 31.0 Å². The Bertz CT molecular complexity index is 2730. The summed E-state index contributed by atoms with van der Waals surface area (Å²) in [6.07, 6.45) is 7.02. The zero-order valence-corrected chi connectivity index (χ0v) is 47.4. The molecular weight excluding hydrogens is 995 g/mol. The molecule has 1 amide bonds. The first-order valence-electron chi connectivity index (χ1n) is 29.0. The molecule has 6 N–H and O–H groups in total. The molecular formula is C61H87N5O12. The van der Waals surface area contributed by atoms with Crippen LogP contribution in [0.4, 0.5) is 5.69 Å². The highest BCUT2D eigenvalue weighted by Crippen LogP contribution is 2.67. The van der Waals surface area contributed by atoms with E-state index in [1.165, 1.54) is 36.2 Å². The highest BCUT2D eigenvalue weighted by molar-refractivity contribution is 5.92. The summed E-state index contributed by atoms with van der Waals surface area (Å²) in [7, 11) is 3.39. The monoisotopic (exact) mass is 1080 g/mol. The number of aromatic amines is 1. The first-order valence-corrected chi connectivity index (χ1v) is 29.0. The first-order chi connectivity index (χ1) is 37.3. The molecule has 1 spiro atoms. The predicted octanol–water partition coefficient (Wildman–Crippen LogP) is 5.65. The van der Waals surface area contributed by atoms with Crippen molar-refractivity contribution in [2.24, 2.45) is 11.3 Å². The van der Waals surface area contributed by atoms with Gasteiger partial charge in [-0.2, -0.15) is 0 Å². The number of aliphatic hydroxyl groups excluding tert-OH is 2. The summed E-state index contributed by atoms with van der Waals surface area (Å²) in [5, 5.41) is 51.8. The molecule has 78 heavy (non-hydrogen) atoms. The molecule has 5 aliphatic heterocycles. The second kappa shape index (κ2) is 23.0. The van der Waals surface area contributed by atoms with Crippen LogP contribution in [0, 0.1) is 18.3 Å². The second-order valence-electron chi connectivity index (χ2n) is 24.1. The van der Waals surface area contributed by atoms with Crippen LogP contribution in [0.2, 0.25) is 0 Å². The van der Waals surface area contributed by atoms with Crippen LogP contribution in [-0.4, -0.2) is 173 Å². The van der Waals surface area contributed by atoms with Gasteiger partial charge in [-0.3, -0.25) is 24.2 Å². The molecule has 0 radical (unpaired) electrons. The minimum atomic E-state index is -2.17. The smallest absolute Gasteiger partial charge is 0.328 e. The van der Waals surface area contributed by atoms with Gasteiger partial charge >= 0.3 is 11.9 Å². The maximum absolute atomic E-state index is 15.2. The molecule has 6 aliphatic rings. The normalized spacial score (nSPS) is 32.2. The minimum Gasteiger partial charge on any atom is -0.464 e. The summed E-state index contributed by atoms with van der Waals surface area (Å²) in [5.74, 6) is -1.83. The summed E-state index contributed by atoms with van der Waals surface area (Å²) in [4.78, 5) is 64.3. The first kappa shape index (κ1) is 58.0. The Morgan fingerprint density at radius 1 is 0.949 bits per heavy atom. The number of aromatic nitrogens is 1. The summed E-state index contributed by atoms with van der Waals surface area (Å²) in [6, 6.07) is 11.4. The number of hydrogen-bond acceptors (Lipinski definition) is 15.